The summed E-state index contributed by atoms with van der Waals surface area (Å²) in [6, 6.07) is 13.8. The molecule has 5 rings (SSSR count). The fraction of sp³-hybridized carbons (Fsp3) is 0.400. The van der Waals surface area contributed by atoms with Crippen LogP contribution in [0.15, 0.2) is 51.8 Å². The van der Waals surface area contributed by atoms with E-state index >= 15 is 0 Å². The summed E-state index contributed by atoms with van der Waals surface area (Å²) >= 11 is 0.854. The molecule has 0 N–H and O–H groups in total. The number of anilines is 2. The van der Waals surface area contributed by atoms with Gasteiger partial charge in [-0.25, -0.2) is 0 Å². The van der Waals surface area contributed by atoms with E-state index in [1.165, 1.54) is 6.42 Å². The zero-order valence-electron chi connectivity index (χ0n) is 19.0. The monoisotopic (exact) mass is 480 g/mol. The molecule has 0 radical (unpaired) electrons. The van der Waals surface area contributed by atoms with E-state index in [1.54, 1.807) is 11.0 Å². The Kier molecular flexibility index (Phi) is 6.62. The van der Waals surface area contributed by atoms with Gasteiger partial charge in [0, 0.05) is 57.1 Å². The molecule has 0 saturated carbocycles. The van der Waals surface area contributed by atoms with Crippen molar-refractivity contribution >= 4 is 46.5 Å². The smallest absolute Gasteiger partial charge is 0.294 e. The number of carbonyl (C=O) groups is 3. The molecule has 3 saturated heterocycles. The second-order valence-electron chi connectivity index (χ2n) is 8.69. The van der Waals surface area contributed by atoms with Crippen LogP contribution in [-0.2, 0) is 9.59 Å². The number of para-hydroxylation sites is 1. The highest BCUT2D eigenvalue weighted by Crippen LogP contribution is 2.33. The van der Waals surface area contributed by atoms with Gasteiger partial charge in [0.15, 0.2) is 5.88 Å². The van der Waals surface area contributed by atoms with Crippen LogP contribution in [0.4, 0.5) is 16.4 Å². The summed E-state index contributed by atoms with van der Waals surface area (Å²) in [4.78, 5) is 45.7. The molecule has 8 nitrogen and oxygen atoms in total. The van der Waals surface area contributed by atoms with Crippen molar-refractivity contribution in [3.8, 4) is 0 Å². The van der Waals surface area contributed by atoms with Gasteiger partial charge in [-0.05, 0) is 49.2 Å². The molecule has 0 atom stereocenters. The molecule has 0 spiro atoms. The van der Waals surface area contributed by atoms with Crippen LogP contribution < -0.4 is 9.80 Å². The van der Waals surface area contributed by atoms with Crippen molar-refractivity contribution in [2.24, 2.45) is 0 Å². The maximum Gasteiger partial charge on any atom is 0.294 e. The Hall–Kier alpha value is -3.20. The summed E-state index contributed by atoms with van der Waals surface area (Å²) in [6.45, 7) is 4.25. The largest absolute Gasteiger partial charge is 0.441 e. The Labute approximate surface area is 203 Å². The number of piperidine rings is 1. The Morgan fingerprint density at radius 3 is 2.35 bits per heavy atom. The molecule has 178 valence electrons. The fourth-order valence-electron chi connectivity index (χ4n) is 4.56. The Balaban J connectivity index is 1.18. The third-order valence-electron chi connectivity index (χ3n) is 6.47. The summed E-state index contributed by atoms with van der Waals surface area (Å²) in [5, 5.41) is -0.421. The predicted octanol–water partition coefficient (Wildman–Crippen LogP) is 3.66. The van der Waals surface area contributed by atoms with Gasteiger partial charge in [-0.1, -0.05) is 18.2 Å². The SMILES string of the molecule is O=C(CN1C(=O)S/C(=C/c2ccc(N3CCCCC3)o2)C1=O)N1CCN(c2ccccc2)CC1. The van der Waals surface area contributed by atoms with Crippen molar-refractivity contribution < 1.29 is 18.8 Å². The molecule has 4 heterocycles. The molecule has 3 aliphatic heterocycles. The lowest BCUT2D eigenvalue weighted by molar-refractivity contribution is -0.136. The minimum absolute atomic E-state index is 0.207. The maximum atomic E-state index is 12.9. The number of nitrogens with zero attached hydrogens (tertiary/aromatic N) is 4. The number of amides is 3. The molecule has 0 bridgehead atoms. The first-order chi connectivity index (χ1) is 16.6. The van der Waals surface area contributed by atoms with Gasteiger partial charge in [0.05, 0.1) is 4.91 Å². The predicted molar refractivity (Wildman–Crippen MR) is 133 cm³/mol. The molecule has 3 aliphatic rings. The minimum atomic E-state index is -0.442. The van der Waals surface area contributed by atoms with Crippen LogP contribution in [0, 0.1) is 0 Å². The van der Waals surface area contributed by atoms with E-state index in [0.717, 1.165) is 67.3 Å². The normalized spacial score (nSPS) is 20.5. The number of benzene rings is 1. The molecule has 2 aromatic rings. The number of rotatable bonds is 5. The average Bonchev–Trinajstić information content (AvgIpc) is 3.45. The first-order valence-corrected chi connectivity index (χ1v) is 12.6. The first-order valence-electron chi connectivity index (χ1n) is 11.8. The molecule has 9 heteroatoms. The lowest BCUT2D eigenvalue weighted by Crippen LogP contribution is -2.51. The minimum Gasteiger partial charge on any atom is -0.441 e. The third-order valence-corrected chi connectivity index (χ3v) is 7.38. The number of piperazine rings is 1. The van der Waals surface area contributed by atoms with Crippen LogP contribution in [0.5, 0.6) is 0 Å². The molecule has 1 aromatic heterocycles. The second kappa shape index (κ2) is 9.97. The molecule has 0 unspecified atom stereocenters. The summed E-state index contributed by atoms with van der Waals surface area (Å²) in [5.41, 5.74) is 1.13. The number of carbonyl (C=O) groups excluding carboxylic acids is 3. The summed E-state index contributed by atoms with van der Waals surface area (Å²) in [5.74, 6) is 0.674. The van der Waals surface area contributed by atoms with Crippen LogP contribution in [0.2, 0.25) is 0 Å². The summed E-state index contributed by atoms with van der Waals surface area (Å²) < 4.78 is 5.90. The van der Waals surface area contributed by atoms with E-state index in [1.807, 2.05) is 30.3 Å². The van der Waals surface area contributed by atoms with E-state index < -0.39 is 11.1 Å². The van der Waals surface area contributed by atoms with Crippen LogP contribution in [0.25, 0.3) is 6.08 Å². The van der Waals surface area contributed by atoms with Gasteiger partial charge >= 0.3 is 0 Å². The number of furan rings is 1. The molecule has 3 fully saturated rings. The second-order valence-corrected chi connectivity index (χ2v) is 9.69. The third kappa shape index (κ3) is 4.84. The van der Waals surface area contributed by atoms with Crippen molar-refractivity contribution in [3.63, 3.8) is 0 Å². The van der Waals surface area contributed by atoms with E-state index in [0.29, 0.717) is 18.8 Å². The highest BCUT2D eigenvalue weighted by Gasteiger charge is 2.37. The van der Waals surface area contributed by atoms with E-state index in [9.17, 15) is 14.4 Å². The van der Waals surface area contributed by atoms with Crippen LogP contribution in [0.3, 0.4) is 0 Å². The molecule has 34 heavy (non-hydrogen) atoms. The quantitative estimate of drug-likeness (QED) is 0.605. The Morgan fingerprint density at radius 2 is 1.62 bits per heavy atom. The van der Waals surface area contributed by atoms with Gasteiger partial charge in [-0.2, -0.15) is 0 Å². The molecular formula is C25H28N4O4S. The van der Waals surface area contributed by atoms with E-state index in [2.05, 4.69) is 21.9 Å². The van der Waals surface area contributed by atoms with Crippen molar-refractivity contribution in [2.45, 2.75) is 19.3 Å². The van der Waals surface area contributed by atoms with E-state index in [4.69, 9.17) is 4.42 Å². The lowest BCUT2D eigenvalue weighted by atomic mass is 10.1. The topological polar surface area (TPSA) is 77.3 Å². The molecule has 3 amide bonds. The highest BCUT2D eigenvalue weighted by atomic mass is 32.2. The molecular weight excluding hydrogens is 452 g/mol. The van der Waals surface area contributed by atoms with Crippen molar-refractivity contribution in [2.75, 3.05) is 55.6 Å². The number of hydrogen-bond donors (Lipinski definition) is 0. The highest BCUT2D eigenvalue weighted by molar-refractivity contribution is 8.18. The number of thioether (sulfide) groups is 1. The van der Waals surface area contributed by atoms with Crippen LogP contribution in [0.1, 0.15) is 25.0 Å². The standard InChI is InChI=1S/C25H28N4O4S/c30-22(27-15-13-26(14-16-27)19-7-3-1-4-8-19)18-29-24(31)21(34-25(29)32)17-20-9-10-23(33-20)28-11-5-2-6-12-28/h1,3-4,7-10,17H,2,5-6,11-16,18H2/b21-17+. The molecule has 0 aliphatic carbocycles. The Bertz CT molecular complexity index is 1090. The lowest BCUT2D eigenvalue weighted by Gasteiger charge is -2.36. The van der Waals surface area contributed by atoms with Crippen molar-refractivity contribution in [1.29, 1.82) is 0 Å². The Morgan fingerprint density at radius 1 is 0.882 bits per heavy atom. The summed E-state index contributed by atoms with van der Waals surface area (Å²) in [7, 11) is 0. The van der Waals surface area contributed by atoms with Gasteiger partial charge < -0.3 is 19.1 Å². The van der Waals surface area contributed by atoms with Crippen LogP contribution >= 0.6 is 11.8 Å². The fourth-order valence-corrected chi connectivity index (χ4v) is 5.38. The van der Waals surface area contributed by atoms with Gasteiger partial charge in [-0.3, -0.25) is 19.3 Å². The zero-order chi connectivity index (χ0) is 23.5. The van der Waals surface area contributed by atoms with Gasteiger partial charge in [-0.15, -0.1) is 0 Å². The van der Waals surface area contributed by atoms with Crippen molar-refractivity contribution in [3.05, 3.63) is 53.1 Å². The van der Waals surface area contributed by atoms with Gasteiger partial charge in [0.1, 0.15) is 12.3 Å². The van der Waals surface area contributed by atoms with E-state index in [-0.39, 0.29) is 17.4 Å². The average molecular weight is 481 g/mol. The first kappa shape index (κ1) is 22.6. The maximum absolute atomic E-state index is 12.9. The number of imide groups is 1. The molecule has 1 aromatic carbocycles. The van der Waals surface area contributed by atoms with Crippen molar-refractivity contribution in [1.82, 2.24) is 9.80 Å². The van der Waals surface area contributed by atoms with Gasteiger partial charge in [0.2, 0.25) is 5.91 Å². The summed E-state index contributed by atoms with van der Waals surface area (Å²) in [6.07, 6.45) is 5.12. The number of hydrogen-bond acceptors (Lipinski definition) is 7. The zero-order valence-corrected chi connectivity index (χ0v) is 19.8. The van der Waals surface area contributed by atoms with Crippen LogP contribution in [-0.4, -0.2) is 72.7 Å². The van der Waals surface area contributed by atoms with Gasteiger partial charge in [0.25, 0.3) is 11.1 Å².